The van der Waals surface area contributed by atoms with E-state index in [1.807, 2.05) is 6.92 Å². The molecule has 0 bridgehead atoms. The lowest BCUT2D eigenvalue weighted by Crippen LogP contribution is -2.11. The van der Waals surface area contributed by atoms with E-state index in [0.717, 1.165) is 12.8 Å². The molecule has 0 radical (unpaired) electrons. The number of hydrogen-bond donors (Lipinski definition) is 0. The van der Waals surface area contributed by atoms with E-state index in [0.29, 0.717) is 6.61 Å². The van der Waals surface area contributed by atoms with Gasteiger partial charge in [-0.1, -0.05) is 116 Å². The maximum atomic E-state index is 10.9. The third-order valence-corrected chi connectivity index (χ3v) is 6.18. The molecule has 0 N–H and O–H groups in total. The van der Waals surface area contributed by atoms with E-state index in [1.165, 1.54) is 136 Å². The van der Waals surface area contributed by atoms with Crippen LogP contribution in [-0.2, 0) is 19.1 Å². The summed E-state index contributed by atoms with van der Waals surface area (Å²) in [4.78, 5) is 21.5. The second kappa shape index (κ2) is 24.6. The van der Waals surface area contributed by atoms with Gasteiger partial charge in [0, 0.05) is 13.8 Å². The van der Waals surface area contributed by atoms with Crippen LogP contribution in [0.4, 0.5) is 0 Å². The van der Waals surface area contributed by atoms with Crippen molar-refractivity contribution in [3.8, 4) is 0 Å². The molecule has 0 aliphatic heterocycles. The van der Waals surface area contributed by atoms with Crippen LogP contribution in [0.25, 0.3) is 0 Å². The Hall–Kier alpha value is -1.06. The molecule has 1 unspecified atom stereocenters. The lowest BCUT2D eigenvalue weighted by Gasteiger charge is -2.11. The Morgan fingerprint density at radius 1 is 0.500 bits per heavy atom. The molecule has 0 saturated carbocycles. The number of unbranched alkanes of at least 4 members (excludes halogenated alkanes) is 19. The second-order valence-corrected chi connectivity index (χ2v) is 9.62. The summed E-state index contributed by atoms with van der Waals surface area (Å²) in [5.41, 5.74) is 0. The van der Waals surface area contributed by atoms with Crippen LogP contribution >= 0.6 is 0 Å². The molecule has 0 fully saturated rings. The summed E-state index contributed by atoms with van der Waals surface area (Å²) in [6.45, 7) is 5.55. The van der Waals surface area contributed by atoms with Gasteiger partial charge >= 0.3 is 11.9 Å². The Kier molecular flexibility index (Phi) is 23.8. The molecule has 0 spiro atoms. The highest BCUT2D eigenvalue weighted by atomic mass is 16.5. The van der Waals surface area contributed by atoms with E-state index in [4.69, 9.17) is 9.47 Å². The first-order valence-corrected chi connectivity index (χ1v) is 13.8. The number of carbonyl (C=O) groups is 2. The van der Waals surface area contributed by atoms with Gasteiger partial charge in [0.2, 0.25) is 0 Å². The molecule has 0 aliphatic rings. The van der Waals surface area contributed by atoms with Gasteiger partial charge in [-0.05, 0) is 26.2 Å². The maximum absolute atomic E-state index is 10.9. The van der Waals surface area contributed by atoms with Crippen LogP contribution in [0.15, 0.2) is 0 Å². The van der Waals surface area contributed by atoms with Crippen molar-refractivity contribution >= 4 is 11.9 Å². The van der Waals surface area contributed by atoms with Crippen molar-refractivity contribution < 1.29 is 19.1 Å². The minimum Gasteiger partial charge on any atom is -0.466 e. The van der Waals surface area contributed by atoms with Crippen molar-refractivity contribution in [3.05, 3.63) is 0 Å². The van der Waals surface area contributed by atoms with Crippen LogP contribution in [0.1, 0.15) is 156 Å². The smallest absolute Gasteiger partial charge is 0.302 e. The lowest BCUT2D eigenvalue weighted by atomic mass is 10.0. The molecule has 0 aromatic carbocycles. The number of rotatable bonds is 24. The SMILES string of the molecule is CC(=O)OCCCCCCCCCCCCCCCCCCCCCCC(C)OC(C)=O. The van der Waals surface area contributed by atoms with Crippen LogP contribution in [0.5, 0.6) is 0 Å². The monoisotopic (exact) mass is 454 g/mol. The zero-order valence-corrected chi connectivity index (χ0v) is 21.8. The molecule has 0 heterocycles. The highest BCUT2D eigenvalue weighted by Gasteiger charge is 2.04. The quantitative estimate of drug-likeness (QED) is 0.108. The van der Waals surface area contributed by atoms with E-state index in [9.17, 15) is 9.59 Å². The Morgan fingerprint density at radius 2 is 0.812 bits per heavy atom. The minimum absolute atomic E-state index is 0.0781. The zero-order chi connectivity index (χ0) is 23.7. The predicted molar refractivity (Wildman–Crippen MR) is 135 cm³/mol. The largest absolute Gasteiger partial charge is 0.466 e. The van der Waals surface area contributed by atoms with Crippen LogP contribution < -0.4 is 0 Å². The average molecular weight is 455 g/mol. The molecular formula is C28H54O4. The van der Waals surface area contributed by atoms with Crippen LogP contribution in [0, 0.1) is 0 Å². The van der Waals surface area contributed by atoms with Gasteiger partial charge in [0.25, 0.3) is 0 Å². The third kappa shape index (κ3) is 27.0. The van der Waals surface area contributed by atoms with Gasteiger partial charge in [-0.25, -0.2) is 0 Å². The number of ether oxygens (including phenoxy) is 2. The predicted octanol–water partition coefficient (Wildman–Crippen LogP) is 8.69. The molecule has 0 aliphatic carbocycles. The van der Waals surface area contributed by atoms with Crippen LogP contribution in [-0.4, -0.2) is 24.6 Å². The van der Waals surface area contributed by atoms with E-state index >= 15 is 0 Å². The fourth-order valence-electron chi connectivity index (χ4n) is 4.27. The summed E-state index contributed by atoms with van der Waals surface area (Å²) in [6, 6.07) is 0. The summed E-state index contributed by atoms with van der Waals surface area (Å²) in [6.07, 6.45) is 27.8. The van der Waals surface area contributed by atoms with E-state index in [-0.39, 0.29) is 18.0 Å². The first-order valence-electron chi connectivity index (χ1n) is 13.8. The molecule has 0 aromatic rings. The molecule has 0 aromatic heterocycles. The van der Waals surface area contributed by atoms with Crippen molar-refractivity contribution in [2.75, 3.05) is 6.61 Å². The Bertz CT molecular complexity index is 422. The molecular weight excluding hydrogens is 400 g/mol. The van der Waals surface area contributed by atoms with Crippen LogP contribution in [0.3, 0.4) is 0 Å². The van der Waals surface area contributed by atoms with Gasteiger partial charge in [-0.2, -0.15) is 0 Å². The summed E-state index contributed by atoms with van der Waals surface area (Å²) in [5.74, 6) is -0.321. The number of carbonyl (C=O) groups excluding carboxylic acids is 2. The fraction of sp³-hybridized carbons (Fsp3) is 0.929. The van der Waals surface area contributed by atoms with Gasteiger partial charge in [-0.3, -0.25) is 9.59 Å². The Labute approximate surface area is 199 Å². The summed E-state index contributed by atoms with van der Waals surface area (Å²) >= 11 is 0. The Balaban J connectivity index is 3.08. The fourth-order valence-corrected chi connectivity index (χ4v) is 4.27. The summed E-state index contributed by atoms with van der Waals surface area (Å²) in [7, 11) is 0. The van der Waals surface area contributed by atoms with Gasteiger partial charge in [0.05, 0.1) is 12.7 Å². The van der Waals surface area contributed by atoms with Crippen LogP contribution in [0.2, 0.25) is 0 Å². The molecule has 32 heavy (non-hydrogen) atoms. The van der Waals surface area contributed by atoms with Crippen molar-refractivity contribution in [1.29, 1.82) is 0 Å². The van der Waals surface area contributed by atoms with Crippen molar-refractivity contribution in [1.82, 2.24) is 0 Å². The normalized spacial score (nSPS) is 12.0. The van der Waals surface area contributed by atoms with Gasteiger partial charge in [0.15, 0.2) is 0 Å². The Morgan fingerprint density at radius 3 is 1.12 bits per heavy atom. The van der Waals surface area contributed by atoms with E-state index in [2.05, 4.69) is 0 Å². The van der Waals surface area contributed by atoms with Gasteiger partial charge in [0.1, 0.15) is 0 Å². The summed E-state index contributed by atoms with van der Waals surface area (Å²) < 4.78 is 10.1. The van der Waals surface area contributed by atoms with Gasteiger partial charge < -0.3 is 9.47 Å². The second-order valence-electron chi connectivity index (χ2n) is 9.62. The van der Waals surface area contributed by atoms with Gasteiger partial charge in [-0.15, -0.1) is 0 Å². The highest BCUT2D eigenvalue weighted by Crippen LogP contribution is 2.15. The molecule has 4 nitrogen and oxygen atoms in total. The third-order valence-electron chi connectivity index (χ3n) is 6.18. The molecule has 0 amide bonds. The van der Waals surface area contributed by atoms with Crippen molar-refractivity contribution in [2.45, 2.75) is 162 Å². The number of hydrogen-bond acceptors (Lipinski definition) is 4. The molecule has 1 atom stereocenters. The van der Waals surface area contributed by atoms with E-state index in [1.54, 1.807) is 0 Å². The maximum Gasteiger partial charge on any atom is 0.302 e. The zero-order valence-electron chi connectivity index (χ0n) is 21.8. The highest BCUT2D eigenvalue weighted by molar-refractivity contribution is 5.66. The average Bonchev–Trinajstić information content (AvgIpc) is 2.73. The molecule has 190 valence electrons. The lowest BCUT2D eigenvalue weighted by molar-refractivity contribution is -0.145. The van der Waals surface area contributed by atoms with E-state index < -0.39 is 0 Å². The standard InChI is InChI=1S/C28H54O4/c1-26(32-28(3)30)24-22-20-18-16-14-12-10-8-6-4-5-7-9-11-13-15-17-19-21-23-25-31-27(2)29/h26H,4-25H2,1-3H3. The first-order chi connectivity index (χ1) is 15.5. The van der Waals surface area contributed by atoms with Crippen molar-refractivity contribution in [2.24, 2.45) is 0 Å². The minimum atomic E-state index is -0.161. The molecule has 0 saturated heterocycles. The molecule has 4 heteroatoms. The first kappa shape index (κ1) is 30.9. The molecule has 0 rings (SSSR count). The number of esters is 2. The topological polar surface area (TPSA) is 52.6 Å². The van der Waals surface area contributed by atoms with Crippen molar-refractivity contribution in [3.63, 3.8) is 0 Å². The summed E-state index contributed by atoms with van der Waals surface area (Å²) in [5, 5.41) is 0.